The van der Waals surface area contributed by atoms with Gasteiger partial charge in [0.05, 0.1) is 6.54 Å². The molecule has 1 amide bonds. The zero-order valence-electron chi connectivity index (χ0n) is 17.7. The molecule has 1 saturated carbocycles. The monoisotopic (exact) mass is 532 g/mol. The summed E-state index contributed by atoms with van der Waals surface area (Å²) in [5.74, 6) is 1.15. The summed E-state index contributed by atoms with van der Waals surface area (Å²) in [6.07, 6.45) is 4.54. The third-order valence-corrected chi connectivity index (χ3v) is 6.24. The number of rotatable bonds is 6. The van der Waals surface area contributed by atoms with Crippen LogP contribution in [0.4, 0.5) is 0 Å². The standard InChI is InChI=1S/C22H33ClN4O.HI/c1-4-24-21(26-19-10-13-27(14-19)20(28)16(2)3)25-15-22(11-5-12-22)17-6-8-18(23)9-7-17;/h6-9,16,19H,4-5,10-15H2,1-3H3,(H2,24,25,26);1H. The number of nitrogens with zero attached hydrogens (tertiary/aromatic N) is 2. The van der Waals surface area contributed by atoms with Crippen molar-refractivity contribution in [3.63, 3.8) is 0 Å². The Balaban J connectivity index is 0.00000300. The fraction of sp³-hybridized carbons (Fsp3) is 0.636. The normalized spacial score (nSPS) is 20.8. The van der Waals surface area contributed by atoms with Crippen LogP contribution >= 0.6 is 35.6 Å². The van der Waals surface area contributed by atoms with Gasteiger partial charge in [0.25, 0.3) is 0 Å². The van der Waals surface area contributed by atoms with E-state index in [0.29, 0.717) is 0 Å². The summed E-state index contributed by atoms with van der Waals surface area (Å²) in [7, 11) is 0. The lowest BCUT2D eigenvalue weighted by Crippen LogP contribution is -2.46. The second-order valence-corrected chi connectivity index (χ2v) is 8.84. The Morgan fingerprint density at radius 2 is 2.00 bits per heavy atom. The molecule has 1 aromatic rings. The second-order valence-electron chi connectivity index (χ2n) is 8.40. The maximum Gasteiger partial charge on any atom is 0.225 e. The van der Waals surface area contributed by atoms with E-state index >= 15 is 0 Å². The molecule has 1 aliphatic carbocycles. The van der Waals surface area contributed by atoms with E-state index in [1.807, 2.05) is 30.9 Å². The first kappa shape index (κ1) is 24.3. The smallest absolute Gasteiger partial charge is 0.225 e. The molecule has 2 aliphatic rings. The van der Waals surface area contributed by atoms with E-state index in [2.05, 4.69) is 29.7 Å². The Morgan fingerprint density at radius 3 is 2.55 bits per heavy atom. The van der Waals surface area contributed by atoms with Crippen LogP contribution in [-0.2, 0) is 10.2 Å². The van der Waals surface area contributed by atoms with Crippen LogP contribution in [0.5, 0.6) is 0 Å². The second kappa shape index (κ2) is 10.8. The topological polar surface area (TPSA) is 56.7 Å². The molecular weight excluding hydrogens is 499 g/mol. The summed E-state index contributed by atoms with van der Waals surface area (Å²) in [6, 6.07) is 8.49. The van der Waals surface area contributed by atoms with Gasteiger partial charge in [-0.3, -0.25) is 9.79 Å². The molecule has 1 atom stereocenters. The highest BCUT2D eigenvalue weighted by molar-refractivity contribution is 14.0. The van der Waals surface area contributed by atoms with Crippen molar-refractivity contribution in [1.29, 1.82) is 0 Å². The first-order chi connectivity index (χ1) is 13.4. The number of nitrogens with one attached hydrogen (secondary N) is 2. The molecular formula is C22H34ClIN4O. The van der Waals surface area contributed by atoms with Crippen molar-refractivity contribution in [2.75, 3.05) is 26.2 Å². The number of likely N-dealkylation sites (tertiary alicyclic amines) is 1. The maximum atomic E-state index is 12.2. The summed E-state index contributed by atoms with van der Waals surface area (Å²) in [6.45, 7) is 9.17. The fourth-order valence-corrected chi connectivity index (χ4v) is 4.26. The highest BCUT2D eigenvalue weighted by Crippen LogP contribution is 2.44. The number of hydrogen-bond donors (Lipinski definition) is 2. The molecule has 3 rings (SSSR count). The number of aliphatic imine (C=N–C) groups is 1. The molecule has 29 heavy (non-hydrogen) atoms. The van der Waals surface area contributed by atoms with Crippen molar-refractivity contribution in [2.45, 2.75) is 57.9 Å². The van der Waals surface area contributed by atoms with Gasteiger partial charge >= 0.3 is 0 Å². The average Bonchev–Trinajstić information content (AvgIpc) is 3.10. The number of benzene rings is 1. The Labute approximate surface area is 197 Å². The zero-order chi connectivity index (χ0) is 20.1. The zero-order valence-corrected chi connectivity index (χ0v) is 20.8. The molecule has 162 valence electrons. The lowest BCUT2D eigenvalue weighted by Gasteiger charge is -2.41. The first-order valence-corrected chi connectivity index (χ1v) is 10.9. The lowest BCUT2D eigenvalue weighted by molar-refractivity contribution is -0.133. The predicted octanol–water partition coefficient (Wildman–Crippen LogP) is 4.19. The predicted molar refractivity (Wildman–Crippen MR) is 131 cm³/mol. The van der Waals surface area contributed by atoms with Gasteiger partial charge in [-0.1, -0.05) is 44.0 Å². The number of carbonyl (C=O) groups is 1. The molecule has 7 heteroatoms. The van der Waals surface area contributed by atoms with Crippen molar-refractivity contribution < 1.29 is 4.79 Å². The minimum absolute atomic E-state index is 0. The van der Waals surface area contributed by atoms with Crippen LogP contribution in [0.3, 0.4) is 0 Å². The van der Waals surface area contributed by atoms with Crippen LogP contribution in [0.25, 0.3) is 0 Å². The summed E-state index contributed by atoms with van der Waals surface area (Å²) in [5.41, 5.74) is 1.46. The van der Waals surface area contributed by atoms with Crippen molar-refractivity contribution in [3.05, 3.63) is 34.9 Å². The summed E-state index contributed by atoms with van der Waals surface area (Å²) in [5, 5.41) is 7.69. The number of hydrogen-bond acceptors (Lipinski definition) is 2. The van der Waals surface area contributed by atoms with Gasteiger partial charge in [-0.15, -0.1) is 24.0 Å². The molecule has 5 nitrogen and oxygen atoms in total. The number of guanidine groups is 1. The molecule has 2 fully saturated rings. The van der Waals surface area contributed by atoms with Gasteiger partial charge in [0.15, 0.2) is 5.96 Å². The molecule has 1 aliphatic heterocycles. The Hall–Kier alpha value is -1.02. The Bertz CT molecular complexity index is 703. The molecule has 0 aromatic heterocycles. The third-order valence-electron chi connectivity index (χ3n) is 5.99. The van der Waals surface area contributed by atoms with Crippen molar-refractivity contribution in [1.82, 2.24) is 15.5 Å². The molecule has 2 N–H and O–H groups in total. The molecule has 1 aromatic carbocycles. The van der Waals surface area contributed by atoms with Gasteiger partial charge in [0.1, 0.15) is 0 Å². The Morgan fingerprint density at radius 1 is 1.31 bits per heavy atom. The first-order valence-electron chi connectivity index (χ1n) is 10.5. The van der Waals surface area contributed by atoms with E-state index in [9.17, 15) is 4.79 Å². The van der Waals surface area contributed by atoms with Crippen molar-refractivity contribution in [2.24, 2.45) is 10.9 Å². The minimum Gasteiger partial charge on any atom is -0.357 e. The van der Waals surface area contributed by atoms with Crippen molar-refractivity contribution in [3.8, 4) is 0 Å². The van der Waals surface area contributed by atoms with E-state index in [4.69, 9.17) is 16.6 Å². The van der Waals surface area contributed by atoms with Crippen LogP contribution in [0.2, 0.25) is 5.02 Å². The van der Waals surface area contributed by atoms with Gasteiger partial charge in [0.2, 0.25) is 5.91 Å². The van der Waals surface area contributed by atoms with Gasteiger partial charge in [0, 0.05) is 42.0 Å². The Kier molecular flexibility index (Phi) is 9.07. The van der Waals surface area contributed by atoms with E-state index in [1.54, 1.807) is 0 Å². The summed E-state index contributed by atoms with van der Waals surface area (Å²) in [4.78, 5) is 19.1. The van der Waals surface area contributed by atoms with Crippen LogP contribution in [0.15, 0.2) is 29.3 Å². The fourth-order valence-electron chi connectivity index (χ4n) is 4.13. The molecule has 1 heterocycles. The van der Waals surface area contributed by atoms with Gasteiger partial charge in [-0.05, 0) is 43.9 Å². The van der Waals surface area contributed by atoms with E-state index < -0.39 is 0 Å². The van der Waals surface area contributed by atoms with Crippen LogP contribution in [0, 0.1) is 5.92 Å². The molecule has 0 radical (unpaired) electrons. The summed E-state index contributed by atoms with van der Waals surface area (Å²) >= 11 is 6.06. The highest BCUT2D eigenvalue weighted by Gasteiger charge is 2.38. The molecule has 1 saturated heterocycles. The SMILES string of the molecule is CCNC(=NCC1(c2ccc(Cl)cc2)CCC1)NC1CCN(C(=O)C(C)C)C1.I. The van der Waals surface area contributed by atoms with E-state index in [0.717, 1.165) is 56.4 Å². The van der Waals surface area contributed by atoms with Gasteiger partial charge in [-0.25, -0.2) is 0 Å². The lowest BCUT2D eigenvalue weighted by atomic mass is 9.64. The van der Waals surface area contributed by atoms with E-state index in [-0.39, 0.29) is 47.3 Å². The molecule has 0 bridgehead atoms. The van der Waals surface area contributed by atoms with Gasteiger partial charge in [-0.2, -0.15) is 0 Å². The number of amides is 1. The molecule has 1 unspecified atom stereocenters. The third kappa shape index (κ3) is 6.00. The quantitative estimate of drug-likeness (QED) is 0.328. The minimum atomic E-state index is 0. The number of halogens is 2. The molecule has 0 spiro atoms. The average molecular weight is 533 g/mol. The van der Waals surface area contributed by atoms with Crippen LogP contribution in [0.1, 0.15) is 52.0 Å². The van der Waals surface area contributed by atoms with Crippen molar-refractivity contribution >= 4 is 47.4 Å². The number of carbonyl (C=O) groups excluding carboxylic acids is 1. The summed E-state index contributed by atoms with van der Waals surface area (Å²) < 4.78 is 0. The largest absolute Gasteiger partial charge is 0.357 e. The van der Waals surface area contributed by atoms with E-state index in [1.165, 1.54) is 12.0 Å². The van der Waals surface area contributed by atoms with Gasteiger partial charge < -0.3 is 15.5 Å². The maximum absolute atomic E-state index is 12.2. The van der Waals surface area contributed by atoms with Crippen LogP contribution < -0.4 is 10.6 Å². The highest BCUT2D eigenvalue weighted by atomic mass is 127. The van der Waals surface area contributed by atoms with Crippen LogP contribution in [-0.4, -0.2) is 49.0 Å².